The average molecular weight is 259 g/mol. The van der Waals surface area contributed by atoms with Gasteiger partial charge in [0.2, 0.25) is 9.84 Å². The van der Waals surface area contributed by atoms with E-state index in [0.29, 0.717) is 10.6 Å². The molecule has 0 unspecified atom stereocenters. The van der Waals surface area contributed by atoms with Gasteiger partial charge < -0.3 is 5.11 Å². The van der Waals surface area contributed by atoms with Gasteiger partial charge in [-0.3, -0.25) is 0 Å². The van der Waals surface area contributed by atoms with Crippen molar-refractivity contribution in [2.75, 3.05) is 0 Å². The molecule has 1 aliphatic rings. The van der Waals surface area contributed by atoms with Crippen molar-refractivity contribution in [1.82, 2.24) is 0 Å². The quantitative estimate of drug-likeness (QED) is 0.841. The minimum absolute atomic E-state index is 0.0110. The Labute approximate surface area is 99.3 Å². The lowest BCUT2D eigenvalue weighted by atomic mass is 10.1. The van der Waals surface area contributed by atoms with Gasteiger partial charge in [-0.05, 0) is 32.1 Å². The van der Waals surface area contributed by atoms with Gasteiger partial charge in [0.05, 0.1) is 15.4 Å². The molecular formula is C11H11ClO3S. The number of aliphatic hydroxyl groups is 1. The van der Waals surface area contributed by atoms with Crippen molar-refractivity contribution in [3.8, 4) is 0 Å². The van der Waals surface area contributed by atoms with Crippen molar-refractivity contribution in [2.24, 2.45) is 0 Å². The fraction of sp³-hybridized carbons (Fsp3) is 0.273. The first-order valence-electron chi connectivity index (χ1n) is 4.73. The average Bonchev–Trinajstić information content (AvgIpc) is 2.39. The molecule has 1 aromatic carbocycles. The van der Waals surface area contributed by atoms with Gasteiger partial charge in [-0.1, -0.05) is 17.7 Å². The Hall–Kier alpha value is -0.840. The molecule has 0 atom stereocenters. The van der Waals surface area contributed by atoms with E-state index in [0.717, 1.165) is 0 Å². The van der Waals surface area contributed by atoms with Crippen molar-refractivity contribution in [1.29, 1.82) is 0 Å². The highest BCUT2D eigenvalue weighted by molar-refractivity contribution is 7.96. The number of rotatable bonds is 1. The smallest absolute Gasteiger partial charge is 0.206 e. The summed E-state index contributed by atoms with van der Waals surface area (Å²) in [6.45, 7) is 2.88. The van der Waals surface area contributed by atoms with Crippen LogP contribution in [0.2, 0.25) is 5.02 Å². The lowest BCUT2D eigenvalue weighted by molar-refractivity contribution is 0.129. The molecule has 0 radical (unpaired) electrons. The van der Waals surface area contributed by atoms with Crippen LogP contribution in [0.3, 0.4) is 0 Å². The van der Waals surface area contributed by atoms with Gasteiger partial charge in [-0.25, -0.2) is 8.42 Å². The number of sulfone groups is 1. The molecule has 0 saturated heterocycles. The van der Waals surface area contributed by atoms with E-state index in [2.05, 4.69) is 0 Å². The molecule has 1 aliphatic heterocycles. The van der Waals surface area contributed by atoms with E-state index in [1.54, 1.807) is 12.1 Å². The van der Waals surface area contributed by atoms with Gasteiger partial charge in [0.25, 0.3) is 0 Å². The first-order valence-corrected chi connectivity index (χ1v) is 6.59. The summed E-state index contributed by atoms with van der Waals surface area (Å²) in [5.41, 5.74) is -0.942. The van der Waals surface area contributed by atoms with Crippen LogP contribution in [0.5, 0.6) is 0 Å². The van der Waals surface area contributed by atoms with E-state index >= 15 is 0 Å². The van der Waals surface area contributed by atoms with Gasteiger partial charge in [0, 0.05) is 10.6 Å². The third-order valence-corrected chi connectivity index (χ3v) is 4.93. The monoisotopic (exact) mass is 258 g/mol. The number of hydrogen-bond acceptors (Lipinski definition) is 3. The van der Waals surface area contributed by atoms with Crippen LogP contribution in [0.1, 0.15) is 19.4 Å². The Kier molecular flexibility index (Phi) is 2.42. The molecule has 0 saturated carbocycles. The lowest BCUT2D eigenvalue weighted by Gasteiger charge is -2.18. The molecule has 16 heavy (non-hydrogen) atoms. The summed E-state index contributed by atoms with van der Waals surface area (Å²) in [6, 6.07) is 4.70. The summed E-state index contributed by atoms with van der Waals surface area (Å²) in [6.07, 6.45) is 1.44. The van der Waals surface area contributed by atoms with E-state index in [1.165, 1.54) is 26.0 Å². The van der Waals surface area contributed by atoms with Gasteiger partial charge in [0.15, 0.2) is 0 Å². The Morgan fingerprint density at radius 1 is 1.31 bits per heavy atom. The molecule has 3 nitrogen and oxygen atoms in total. The minimum atomic E-state index is -3.60. The summed E-state index contributed by atoms with van der Waals surface area (Å²) in [7, 11) is -3.60. The molecule has 1 heterocycles. The Balaban J connectivity index is 2.76. The Morgan fingerprint density at radius 3 is 2.44 bits per heavy atom. The Bertz CT molecular complexity index is 580. The van der Waals surface area contributed by atoms with Crippen LogP contribution in [-0.2, 0) is 9.84 Å². The molecular weight excluding hydrogens is 248 g/mol. The second-order valence-corrected chi connectivity index (χ2v) is 6.52. The second-order valence-electron chi connectivity index (χ2n) is 4.22. The summed E-state index contributed by atoms with van der Waals surface area (Å²) in [4.78, 5) is 0.153. The summed E-state index contributed by atoms with van der Waals surface area (Å²) >= 11 is 5.92. The van der Waals surface area contributed by atoms with Crippen molar-refractivity contribution in [3.05, 3.63) is 33.7 Å². The highest BCUT2D eigenvalue weighted by atomic mass is 35.5. The highest BCUT2D eigenvalue weighted by Crippen LogP contribution is 2.40. The van der Waals surface area contributed by atoms with Crippen LogP contribution < -0.4 is 0 Å². The molecule has 0 aliphatic carbocycles. The van der Waals surface area contributed by atoms with Crippen molar-refractivity contribution in [2.45, 2.75) is 24.3 Å². The molecule has 0 fully saturated rings. The number of halogens is 1. The van der Waals surface area contributed by atoms with Crippen molar-refractivity contribution < 1.29 is 13.5 Å². The van der Waals surface area contributed by atoms with E-state index < -0.39 is 15.4 Å². The van der Waals surface area contributed by atoms with Crippen LogP contribution in [0.4, 0.5) is 0 Å². The van der Waals surface area contributed by atoms with Crippen LogP contribution in [0.25, 0.3) is 6.08 Å². The molecule has 2 rings (SSSR count). The molecule has 0 spiro atoms. The normalized spacial score (nSPS) is 18.1. The maximum Gasteiger partial charge on any atom is 0.206 e. The van der Waals surface area contributed by atoms with Gasteiger partial charge >= 0.3 is 0 Å². The van der Waals surface area contributed by atoms with E-state index in [-0.39, 0.29) is 9.80 Å². The van der Waals surface area contributed by atoms with Gasteiger partial charge in [0.1, 0.15) is 0 Å². The van der Waals surface area contributed by atoms with E-state index in [9.17, 15) is 13.5 Å². The van der Waals surface area contributed by atoms with Crippen LogP contribution in [-0.4, -0.2) is 19.1 Å². The number of fused-ring (bicyclic) bond motifs is 1. The van der Waals surface area contributed by atoms with Crippen molar-refractivity contribution >= 4 is 27.5 Å². The summed E-state index contributed by atoms with van der Waals surface area (Å²) < 4.78 is 24.2. The molecule has 5 heteroatoms. The van der Waals surface area contributed by atoms with Crippen LogP contribution in [0.15, 0.2) is 28.0 Å². The summed E-state index contributed by atoms with van der Waals surface area (Å²) in [5.74, 6) is 0. The third-order valence-electron chi connectivity index (χ3n) is 2.47. The molecule has 0 amide bonds. The summed E-state index contributed by atoms with van der Waals surface area (Å²) in [5, 5.41) is 10.2. The van der Waals surface area contributed by atoms with E-state index in [1.807, 2.05) is 0 Å². The standard InChI is InChI=1S/C11H11ClO3S/c1-11(2,13)10-6-7-8(12)4-3-5-9(7)16(10,14)15/h3-6,13H,1-2H3. The predicted octanol–water partition coefficient (Wildman–Crippen LogP) is 2.24. The first kappa shape index (κ1) is 11.6. The molecule has 1 aromatic rings. The largest absolute Gasteiger partial charge is 0.385 e. The number of benzene rings is 1. The maximum atomic E-state index is 12.1. The predicted molar refractivity (Wildman–Crippen MR) is 62.9 cm³/mol. The van der Waals surface area contributed by atoms with Gasteiger partial charge in [-0.15, -0.1) is 0 Å². The lowest BCUT2D eigenvalue weighted by Crippen LogP contribution is -2.25. The molecule has 86 valence electrons. The van der Waals surface area contributed by atoms with E-state index in [4.69, 9.17) is 11.6 Å². The molecule has 0 aromatic heterocycles. The van der Waals surface area contributed by atoms with Crippen molar-refractivity contribution in [3.63, 3.8) is 0 Å². The first-order chi connectivity index (χ1) is 7.24. The topological polar surface area (TPSA) is 54.4 Å². The zero-order valence-electron chi connectivity index (χ0n) is 8.86. The number of hydrogen-bond donors (Lipinski definition) is 1. The second kappa shape index (κ2) is 3.32. The molecule has 0 bridgehead atoms. The molecule has 1 N–H and O–H groups in total. The minimum Gasteiger partial charge on any atom is -0.385 e. The highest BCUT2D eigenvalue weighted by Gasteiger charge is 2.38. The zero-order chi connectivity index (χ0) is 12.1. The fourth-order valence-electron chi connectivity index (χ4n) is 1.72. The Morgan fingerprint density at radius 2 is 1.94 bits per heavy atom. The SMILES string of the molecule is CC(C)(O)C1=Cc2c(Cl)cccc2S1(=O)=O. The fourth-order valence-corrected chi connectivity index (χ4v) is 3.89. The van der Waals surface area contributed by atoms with Crippen LogP contribution in [0, 0.1) is 0 Å². The van der Waals surface area contributed by atoms with Gasteiger partial charge in [-0.2, -0.15) is 0 Å². The zero-order valence-corrected chi connectivity index (χ0v) is 10.4. The van der Waals surface area contributed by atoms with Crippen LogP contribution >= 0.6 is 11.6 Å². The maximum absolute atomic E-state index is 12.1. The third kappa shape index (κ3) is 1.57.